The number of hydrogen-bond donors (Lipinski definition) is 0. The van der Waals surface area contributed by atoms with Crippen molar-refractivity contribution in [2.24, 2.45) is 0 Å². The van der Waals surface area contributed by atoms with E-state index in [4.69, 9.17) is 15.0 Å². The average Bonchev–Trinajstić information content (AvgIpc) is 3.58. The standard InChI is InChI=1S/C53H45N4/c1-36(2)44-29-19-30-45(37(3)4)49(44)57-48(46-28-17-18-31-47(46)53(57,42-24-13-7-14-25-42)43-26-15-8-16-27-43)38-32-34-41(35-33-38)52-55-50(39-20-9-5-10-21-39)54-51(56-52)40-22-11-6-12-23-40/h5-37H,1-4H3. The van der Waals surface area contributed by atoms with Crippen LogP contribution in [0.25, 0.3) is 34.2 Å². The number of rotatable bonds is 9. The topological polar surface area (TPSA) is 41.9 Å². The number of hydrogen-bond acceptors (Lipinski definition) is 4. The molecule has 0 amide bonds. The van der Waals surface area contributed by atoms with Gasteiger partial charge in [-0.15, -0.1) is 0 Å². The molecule has 1 aliphatic heterocycles. The Morgan fingerprint density at radius 2 is 0.772 bits per heavy atom. The predicted molar refractivity (Wildman–Crippen MR) is 234 cm³/mol. The zero-order valence-corrected chi connectivity index (χ0v) is 32.8. The van der Waals surface area contributed by atoms with Crippen molar-refractivity contribution in [1.82, 2.24) is 15.0 Å². The van der Waals surface area contributed by atoms with Crippen LogP contribution in [0.3, 0.4) is 0 Å². The summed E-state index contributed by atoms with van der Waals surface area (Å²) in [7, 11) is 0. The fourth-order valence-electron chi connectivity index (χ4n) is 8.56. The number of anilines is 1. The number of nitrogens with zero attached hydrogens (tertiary/aromatic N) is 4. The molecule has 0 fully saturated rings. The van der Waals surface area contributed by atoms with E-state index in [0.717, 1.165) is 22.3 Å². The lowest BCUT2D eigenvalue weighted by atomic mass is 9.76. The van der Waals surface area contributed by atoms with Crippen LogP contribution in [0.15, 0.2) is 188 Å². The molecule has 0 saturated heterocycles. The third kappa shape index (κ3) is 6.32. The van der Waals surface area contributed by atoms with Gasteiger partial charge in [0.2, 0.25) is 0 Å². The number of fused-ring (bicyclic) bond motifs is 1. The van der Waals surface area contributed by atoms with Crippen LogP contribution >= 0.6 is 0 Å². The van der Waals surface area contributed by atoms with Crippen LogP contribution < -0.4 is 4.90 Å². The van der Waals surface area contributed by atoms with Gasteiger partial charge in [0.1, 0.15) is 11.6 Å². The van der Waals surface area contributed by atoms with Gasteiger partial charge in [0, 0.05) is 22.4 Å². The smallest absolute Gasteiger partial charge is 0.164 e. The third-order valence-corrected chi connectivity index (χ3v) is 11.2. The maximum atomic E-state index is 5.05. The van der Waals surface area contributed by atoms with Gasteiger partial charge in [0.15, 0.2) is 17.5 Å². The minimum absolute atomic E-state index is 0.289. The Morgan fingerprint density at radius 3 is 1.23 bits per heavy atom. The first kappa shape index (κ1) is 36.0. The van der Waals surface area contributed by atoms with Crippen molar-refractivity contribution < 1.29 is 0 Å². The summed E-state index contributed by atoms with van der Waals surface area (Å²) in [5.74, 6) is 2.51. The molecule has 2 heterocycles. The fraction of sp³-hybridized carbons (Fsp3) is 0.132. The fourth-order valence-corrected chi connectivity index (χ4v) is 8.56. The molecule has 7 aromatic carbocycles. The molecule has 0 unspecified atom stereocenters. The molecule has 0 bridgehead atoms. The van der Waals surface area contributed by atoms with Gasteiger partial charge in [-0.2, -0.15) is 0 Å². The zero-order valence-electron chi connectivity index (χ0n) is 32.8. The van der Waals surface area contributed by atoms with Gasteiger partial charge in [-0.25, -0.2) is 15.0 Å². The van der Waals surface area contributed by atoms with Crippen molar-refractivity contribution in [3.8, 4) is 34.2 Å². The lowest BCUT2D eigenvalue weighted by molar-refractivity contribution is 0.613. The van der Waals surface area contributed by atoms with Crippen LogP contribution in [0.5, 0.6) is 0 Å². The van der Waals surface area contributed by atoms with Gasteiger partial charge in [0.05, 0.1) is 0 Å². The van der Waals surface area contributed by atoms with E-state index in [2.05, 4.69) is 160 Å². The summed E-state index contributed by atoms with van der Waals surface area (Å²) in [6.07, 6.45) is 0. The summed E-state index contributed by atoms with van der Waals surface area (Å²) >= 11 is 0. The molecule has 9 rings (SSSR count). The number of para-hydroxylation sites is 1. The van der Waals surface area contributed by atoms with Gasteiger partial charge < -0.3 is 4.90 Å². The molecule has 4 nitrogen and oxygen atoms in total. The van der Waals surface area contributed by atoms with Crippen molar-refractivity contribution >= 4 is 5.69 Å². The summed E-state index contributed by atoms with van der Waals surface area (Å²) in [6.45, 7) is 9.26. The summed E-state index contributed by atoms with van der Waals surface area (Å²) in [4.78, 5) is 17.7. The van der Waals surface area contributed by atoms with Crippen LogP contribution in [0.4, 0.5) is 5.69 Å². The minimum Gasteiger partial charge on any atom is -0.336 e. The molecule has 0 aliphatic carbocycles. The molecule has 0 N–H and O–H groups in total. The normalized spacial score (nSPS) is 13.6. The van der Waals surface area contributed by atoms with Crippen LogP contribution in [0.1, 0.15) is 78.5 Å². The Balaban J connectivity index is 1.29. The molecule has 277 valence electrons. The lowest BCUT2D eigenvalue weighted by Crippen LogP contribution is -2.46. The molecule has 0 atom stereocenters. The van der Waals surface area contributed by atoms with E-state index in [1.54, 1.807) is 0 Å². The average molecular weight is 738 g/mol. The minimum atomic E-state index is -0.662. The monoisotopic (exact) mass is 737 g/mol. The Labute approximate surface area is 336 Å². The third-order valence-electron chi connectivity index (χ3n) is 11.2. The van der Waals surface area contributed by atoms with E-state index >= 15 is 0 Å². The Kier molecular flexibility index (Phi) is 9.55. The molecule has 0 spiro atoms. The SMILES string of the molecule is CC(C)c1cccc(C(C)C)c1N1[C](c2ccc(-c3nc(-c4ccccc4)nc(-c4ccccc4)n3)cc2)c2ccccc2C1(c1ccccc1)c1ccccc1. The second-order valence-electron chi connectivity index (χ2n) is 15.4. The van der Waals surface area contributed by atoms with E-state index in [0.29, 0.717) is 17.5 Å². The molecular weight excluding hydrogens is 693 g/mol. The van der Waals surface area contributed by atoms with Crippen molar-refractivity contribution in [2.45, 2.75) is 45.1 Å². The highest BCUT2D eigenvalue weighted by molar-refractivity contribution is 5.82. The van der Waals surface area contributed by atoms with E-state index in [1.807, 2.05) is 60.7 Å². The number of benzene rings is 7. The second kappa shape index (κ2) is 15.1. The maximum absolute atomic E-state index is 5.05. The highest BCUT2D eigenvalue weighted by Crippen LogP contribution is 2.59. The lowest BCUT2D eigenvalue weighted by Gasteiger charge is -2.46. The quantitative estimate of drug-likeness (QED) is 0.148. The van der Waals surface area contributed by atoms with Gasteiger partial charge in [0.25, 0.3) is 0 Å². The Morgan fingerprint density at radius 1 is 0.386 bits per heavy atom. The van der Waals surface area contributed by atoms with Crippen molar-refractivity contribution in [2.75, 3.05) is 4.90 Å². The summed E-state index contributed by atoms with van der Waals surface area (Å²) in [6, 6.07) is 68.3. The largest absolute Gasteiger partial charge is 0.336 e. The molecule has 1 aliphatic rings. The molecule has 1 radical (unpaired) electrons. The van der Waals surface area contributed by atoms with E-state index < -0.39 is 5.54 Å². The van der Waals surface area contributed by atoms with Crippen LogP contribution in [-0.4, -0.2) is 15.0 Å². The molecule has 1 aromatic heterocycles. The van der Waals surface area contributed by atoms with E-state index in [1.165, 1.54) is 45.1 Å². The predicted octanol–water partition coefficient (Wildman–Crippen LogP) is 12.9. The first-order valence-corrected chi connectivity index (χ1v) is 19.9. The molecule has 8 aromatic rings. The van der Waals surface area contributed by atoms with E-state index in [9.17, 15) is 0 Å². The Hall–Kier alpha value is -6.65. The van der Waals surface area contributed by atoms with Gasteiger partial charge in [-0.3, -0.25) is 0 Å². The highest BCUT2D eigenvalue weighted by atomic mass is 15.3. The highest BCUT2D eigenvalue weighted by Gasteiger charge is 2.54. The van der Waals surface area contributed by atoms with Crippen molar-refractivity contribution in [3.05, 3.63) is 233 Å². The van der Waals surface area contributed by atoms with Crippen LogP contribution in [-0.2, 0) is 5.54 Å². The molecule has 57 heavy (non-hydrogen) atoms. The van der Waals surface area contributed by atoms with Gasteiger partial charge in [-0.1, -0.05) is 216 Å². The van der Waals surface area contributed by atoms with Crippen LogP contribution in [0, 0.1) is 6.04 Å². The molecule has 4 heteroatoms. The first-order valence-electron chi connectivity index (χ1n) is 19.9. The zero-order chi connectivity index (χ0) is 38.9. The maximum Gasteiger partial charge on any atom is 0.164 e. The molecule has 0 saturated carbocycles. The van der Waals surface area contributed by atoms with Crippen LogP contribution in [0.2, 0.25) is 0 Å². The summed E-state index contributed by atoms with van der Waals surface area (Å²) < 4.78 is 0. The second-order valence-corrected chi connectivity index (χ2v) is 15.4. The Bertz CT molecular complexity index is 2500. The molecular formula is C53H45N4. The summed E-state index contributed by atoms with van der Waals surface area (Å²) in [5, 5.41) is 0. The summed E-state index contributed by atoms with van der Waals surface area (Å²) in [5.41, 5.74) is 12.1. The first-order chi connectivity index (χ1) is 27.9. The van der Waals surface area contributed by atoms with Crippen molar-refractivity contribution in [1.29, 1.82) is 0 Å². The van der Waals surface area contributed by atoms with Crippen molar-refractivity contribution in [3.63, 3.8) is 0 Å². The van der Waals surface area contributed by atoms with Gasteiger partial charge >= 0.3 is 0 Å². The van der Waals surface area contributed by atoms with Gasteiger partial charge in [-0.05, 0) is 50.8 Å². The van der Waals surface area contributed by atoms with E-state index in [-0.39, 0.29) is 11.8 Å². The number of aromatic nitrogens is 3.